The summed E-state index contributed by atoms with van der Waals surface area (Å²) in [6, 6.07) is 16.3. The molecular formula is C18H17ClN4O2S. The molecule has 0 aliphatic carbocycles. The van der Waals surface area contributed by atoms with E-state index in [9.17, 15) is 8.42 Å². The minimum absolute atomic E-state index is 0.0442. The SMILES string of the molecule is O=S(=O)(c1ccccc1Cl)N1CCC(n2cc(-c3ccccc3)nn2)C1. The van der Waals surface area contributed by atoms with Crippen LogP contribution in [0.2, 0.25) is 5.02 Å². The molecule has 1 fully saturated rings. The number of hydrogen-bond donors (Lipinski definition) is 0. The molecule has 3 aromatic rings. The van der Waals surface area contributed by atoms with Crippen LogP contribution in [0.3, 0.4) is 0 Å². The molecule has 4 rings (SSSR count). The van der Waals surface area contributed by atoms with Gasteiger partial charge in [0.2, 0.25) is 10.0 Å². The van der Waals surface area contributed by atoms with E-state index in [2.05, 4.69) is 10.3 Å². The maximum atomic E-state index is 12.9. The second kappa shape index (κ2) is 6.83. The van der Waals surface area contributed by atoms with Crippen LogP contribution in [-0.4, -0.2) is 40.8 Å². The number of halogens is 1. The minimum Gasteiger partial charge on any atom is -0.247 e. The van der Waals surface area contributed by atoms with Gasteiger partial charge in [-0.1, -0.05) is 59.3 Å². The molecule has 1 aromatic heterocycles. The maximum absolute atomic E-state index is 12.9. The fourth-order valence-electron chi connectivity index (χ4n) is 3.13. The van der Waals surface area contributed by atoms with Gasteiger partial charge in [0.15, 0.2) is 0 Å². The summed E-state index contributed by atoms with van der Waals surface area (Å²) in [5.74, 6) is 0. The van der Waals surface area contributed by atoms with Crippen molar-refractivity contribution in [3.63, 3.8) is 0 Å². The molecule has 1 aliphatic rings. The first-order valence-corrected chi connectivity index (χ1v) is 10.1. The second-order valence-corrected chi connectivity index (χ2v) is 8.50. The highest BCUT2D eigenvalue weighted by molar-refractivity contribution is 7.89. The zero-order chi connectivity index (χ0) is 18.1. The quantitative estimate of drug-likeness (QED) is 0.688. The van der Waals surface area contributed by atoms with Crippen molar-refractivity contribution in [2.75, 3.05) is 13.1 Å². The molecule has 0 radical (unpaired) electrons. The highest BCUT2D eigenvalue weighted by atomic mass is 35.5. The third-order valence-corrected chi connectivity index (χ3v) is 6.90. The van der Waals surface area contributed by atoms with Gasteiger partial charge in [-0.15, -0.1) is 5.10 Å². The van der Waals surface area contributed by atoms with E-state index in [0.717, 1.165) is 11.3 Å². The smallest absolute Gasteiger partial charge is 0.244 e. The molecule has 0 saturated carbocycles. The topological polar surface area (TPSA) is 68.1 Å². The zero-order valence-electron chi connectivity index (χ0n) is 13.9. The second-order valence-electron chi connectivity index (χ2n) is 6.19. The summed E-state index contributed by atoms with van der Waals surface area (Å²) in [6.07, 6.45) is 2.55. The minimum atomic E-state index is -3.62. The molecule has 6 nitrogen and oxygen atoms in total. The van der Waals surface area contributed by atoms with Crippen LogP contribution in [0.25, 0.3) is 11.3 Å². The molecular weight excluding hydrogens is 372 g/mol. The van der Waals surface area contributed by atoms with E-state index in [-0.39, 0.29) is 16.0 Å². The first-order valence-electron chi connectivity index (χ1n) is 8.27. The van der Waals surface area contributed by atoms with E-state index in [1.807, 2.05) is 36.5 Å². The number of rotatable bonds is 4. The molecule has 1 aliphatic heterocycles. The Bertz CT molecular complexity index is 1020. The summed E-state index contributed by atoms with van der Waals surface area (Å²) in [7, 11) is -3.62. The Hall–Kier alpha value is -2.22. The Morgan fingerprint density at radius 1 is 1.04 bits per heavy atom. The molecule has 26 heavy (non-hydrogen) atoms. The molecule has 0 spiro atoms. The van der Waals surface area contributed by atoms with Crippen molar-refractivity contribution in [1.29, 1.82) is 0 Å². The van der Waals surface area contributed by atoms with Gasteiger partial charge in [0.05, 0.1) is 17.3 Å². The summed E-state index contributed by atoms with van der Waals surface area (Å²) >= 11 is 6.08. The molecule has 2 aromatic carbocycles. The fourth-order valence-corrected chi connectivity index (χ4v) is 5.12. The molecule has 0 bridgehead atoms. The van der Waals surface area contributed by atoms with Crippen LogP contribution < -0.4 is 0 Å². The van der Waals surface area contributed by atoms with E-state index < -0.39 is 10.0 Å². The lowest BCUT2D eigenvalue weighted by atomic mass is 10.2. The lowest BCUT2D eigenvalue weighted by Crippen LogP contribution is -2.29. The first kappa shape index (κ1) is 17.2. The highest BCUT2D eigenvalue weighted by Gasteiger charge is 2.34. The number of sulfonamides is 1. The van der Waals surface area contributed by atoms with Crippen molar-refractivity contribution in [3.05, 3.63) is 65.8 Å². The summed E-state index contributed by atoms with van der Waals surface area (Å²) in [5, 5.41) is 8.65. The molecule has 0 amide bonds. The van der Waals surface area contributed by atoms with Crippen LogP contribution in [0.15, 0.2) is 65.7 Å². The third-order valence-electron chi connectivity index (χ3n) is 4.53. The summed E-state index contributed by atoms with van der Waals surface area (Å²) < 4.78 is 28.9. The normalized spacial score (nSPS) is 18.3. The number of aromatic nitrogens is 3. The molecule has 0 N–H and O–H groups in total. The Kier molecular flexibility index (Phi) is 4.52. The lowest BCUT2D eigenvalue weighted by Gasteiger charge is -2.17. The molecule has 1 saturated heterocycles. The summed E-state index contributed by atoms with van der Waals surface area (Å²) in [5.41, 5.74) is 1.76. The Morgan fingerprint density at radius 2 is 1.77 bits per heavy atom. The van der Waals surface area contributed by atoms with Crippen LogP contribution >= 0.6 is 11.6 Å². The van der Waals surface area contributed by atoms with Crippen molar-refractivity contribution in [3.8, 4) is 11.3 Å². The molecule has 2 heterocycles. The van der Waals surface area contributed by atoms with Crippen molar-refractivity contribution < 1.29 is 8.42 Å². The van der Waals surface area contributed by atoms with Gasteiger partial charge in [0, 0.05) is 18.7 Å². The highest BCUT2D eigenvalue weighted by Crippen LogP contribution is 2.30. The third kappa shape index (κ3) is 3.13. The Balaban J connectivity index is 1.54. The fraction of sp³-hybridized carbons (Fsp3) is 0.222. The van der Waals surface area contributed by atoms with Gasteiger partial charge in [-0.2, -0.15) is 4.31 Å². The van der Waals surface area contributed by atoms with E-state index in [4.69, 9.17) is 11.6 Å². The van der Waals surface area contributed by atoms with Crippen molar-refractivity contribution in [1.82, 2.24) is 19.3 Å². The van der Waals surface area contributed by atoms with Crippen LogP contribution in [-0.2, 0) is 10.0 Å². The van der Waals surface area contributed by atoms with Gasteiger partial charge >= 0.3 is 0 Å². The van der Waals surface area contributed by atoms with Gasteiger partial charge in [-0.05, 0) is 18.6 Å². The average Bonchev–Trinajstić information content (AvgIpc) is 3.32. The standard InChI is InChI=1S/C18H17ClN4O2S/c19-16-8-4-5-9-18(16)26(24,25)22-11-10-15(12-22)23-13-17(20-21-23)14-6-2-1-3-7-14/h1-9,13,15H,10-12H2. The van der Waals surface area contributed by atoms with Gasteiger partial charge in [0.25, 0.3) is 0 Å². The summed E-state index contributed by atoms with van der Waals surface area (Å²) in [6.45, 7) is 0.782. The molecule has 1 atom stereocenters. The maximum Gasteiger partial charge on any atom is 0.244 e. The van der Waals surface area contributed by atoms with E-state index in [1.165, 1.54) is 10.4 Å². The summed E-state index contributed by atoms with van der Waals surface area (Å²) in [4.78, 5) is 0.144. The average molecular weight is 389 g/mol. The van der Waals surface area contributed by atoms with Gasteiger partial charge in [0.1, 0.15) is 10.6 Å². The van der Waals surface area contributed by atoms with Crippen molar-refractivity contribution >= 4 is 21.6 Å². The van der Waals surface area contributed by atoms with E-state index in [1.54, 1.807) is 22.9 Å². The van der Waals surface area contributed by atoms with Crippen molar-refractivity contribution in [2.45, 2.75) is 17.4 Å². The Morgan fingerprint density at radius 3 is 2.54 bits per heavy atom. The van der Waals surface area contributed by atoms with E-state index in [0.29, 0.717) is 19.5 Å². The van der Waals surface area contributed by atoms with Crippen LogP contribution in [0.1, 0.15) is 12.5 Å². The Labute approximate surface area is 157 Å². The monoisotopic (exact) mass is 388 g/mol. The van der Waals surface area contributed by atoms with Crippen LogP contribution in [0, 0.1) is 0 Å². The molecule has 1 unspecified atom stereocenters. The van der Waals surface area contributed by atoms with Gasteiger partial charge in [-0.3, -0.25) is 0 Å². The van der Waals surface area contributed by atoms with Gasteiger partial charge < -0.3 is 0 Å². The van der Waals surface area contributed by atoms with Crippen molar-refractivity contribution in [2.24, 2.45) is 0 Å². The molecule has 8 heteroatoms. The van der Waals surface area contributed by atoms with E-state index >= 15 is 0 Å². The van der Waals surface area contributed by atoms with Gasteiger partial charge in [-0.25, -0.2) is 13.1 Å². The van der Waals surface area contributed by atoms with Crippen LogP contribution in [0.4, 0.5) is 0 Å². The van der Waals surface area contributed by atoms with Crippen LogP contribution in [0.5, 0.6) is 0 Å². The predicted octanol–water partition coefficient (Wildman–Crippen LogP) is 3.23. The lowest BCUT2D eigenvalue weighted by molar-refractivity contribution is 0.428. The zero-order valence-corrected chi connectivity index (χ0v) is 15.4. The molecule has 134 valence electrons. The number of nitrogens with zero attached hydrogens (tertiary/aromatic N) is 4. The largest absolute Gasteiger partial charge is 0.247 e. The number of hydrogen-bond acceptors (Lipinski definition) is 4. The first-order chi connectivity index (χ1) is 12.6. The number of benzene rings is 2. The predicted molar refractivity (Wildman–Crippen MR) is 99.3 cm³/mol.